The lowest BCUT2D eigenvalue weighted by molar-refractivity contribution is 0.178. The van der Waals surface area contributed by atoms with Crippen LogP contribution < -0.4 is 5.73 Å². The van der Waals surface area contributed by atoms with Gasteiger partial charge in [-0.25, -0.2) is 0 Å². The number of rotatable bonds is 2. The molecule has 1 aromatic heterocycles. The number of halogens is 1. The fourth-order valence-corrected chi connectivity index (χ4v) is 2.05. The van der Waals surface area contributed by atoms with E-state index in [9.17, 15) is 0 Å². The van der Waals surface area contributed by atoms with E-state index >= 15 is 0 Å². The van der Waals surface area contributed by atoms with E-state index in [4.69, 9.17) is 10.3 Å². The summed E-state index contributed by atoms with van der Waals surface area (Å²) in [5.74, 6) is 1.47. The Hall–Kier alpha value is -0.650. The maximum atomic E-state index is 5.94. The van der Waals surface area contributed by atoms with Gasteiger partial charge in [0.05, 0.1) is 6.54 Å². The number of hydrogen-bond donors (Lipinski definition) is 1. The van der Waals surface area contributed by atoms with Gasteiger partial charge in [-0.05, 0) is 19.4 Å². The second-order valence-corrected chi connectivity index (χ2v) is 5.90. The molecular weight excluding hydrogens is 252 g/mol. The van der Waals surface area contributed by atoms with Crippen molar-refractivity contribution in [1.82, 2.24) is 15.0 Å². The maximum Gasteiger partial charge on any atom is 0.240 e. The minimum atomic E-state index is -0.0555. The van der Waals surface area contributed by atoms with Gasteiger partial charge in [0.25, 0.3) is 0 Å². The van der Waals surface area contributed by atoms with E-state index < -0.39 is 0 Å². The van der Waals surface area contributed by atoms with Crippen LogP contribution in [0.2, 0.25) is 0 Å². The second kappa shape index (κ2) is 5.99. The van der Waals surface area contributed by atoms with E-state index in [1.807, 2.05) is 0 Å². The number of nitrogens with zero attached hydrogens (tertiary/aromatic N) is 3. The molecule has 0 aliphatic carbocycles. The van der Waals surface area contributed by atoms with Crippen LogP contribution in [-0.2, 0) is 12.0 Å². The molecule has 0 spiro atoms. The molecule has 0 saturated carbocycles. The van der Waals surface area contributed by atoms with Crippen molar-refractivity contribution in [2.75, 3.05) is 13.1 Å². The molecule has 5 nitrogen and oxygen atoms in total. The summed E-state index contributed by atoms with van der Waals surface area (Å²) in [5, 5.41) is 4.03. The van der Waals surface area contributed by atoms with E-state index in [1.165, 1.54) is 0 Å². The van der Waals surface area contributed by atoms with Gasteiger partial charge in [-0.3, -0.25) is 4.90 Å². The molecule has 1 unspecified atom stereocenters. The molecule has 1 atom stereocenters. The molecular formula is C12H23ClN4O. The molecule has 1 fully saturated rings. The van der Waals surface area contributed by atoms with Crippen molar-refractivity contribution in [3.05, 3.63) is 11.7 Å². The van der Waals surface area contributed by atoms with Crippen molar-refractivity contribution in [1.29, 1.82) is 0 Å². The lowest BCUT2D eigenvalue weighted by Gasteiger charge is -2.29. The Morgan fingerprint density at radius 2 is 2.17 bits per heavy atom. The summed E-state index contributed by atoms with van der Waals surface area (Å²) >= 11 is 0. The fraction of sp³-hybridized carbons (Fsp3) is 0.833. The van der Waals surface area contributed by atoms with Crippen molar-refractivity contribution < 1.29 is 4.52 Å². The number of aromatic nitrogens is 2. The van der Waals surface area contributed by atoms with Gasteiger partial charge in [0.15, 0.2) is 5.82 Å². The molecule has 0 radical (unpaired) electrons. The highest BCUT2D eigenvalue weighted by Gasteiger charge is 2.23. The second-order valence-electron chi connectivity index (χ2n) is 5.90. The lowest BCUT2D eigenvalue weighted by atomic mass is 9.96. The summed E-state index contributed by atoms with van der Waals surface area (Å²) in [7, 11) is 0. The maximum absolute atomic E-state index is 5.94. The highest BCUT2D eigenvalue weighted by Crippen LogP contribution is 2.19. The van der Waals surface area contributed by atoms with Crippen molar-refractivity contribution in [3.63, 3.8) is 0 Å². The van der Waals surface area contributed by atoms with E-state index in [2.05, 4.69) is 35.8 Å². The fourth-order valence-electron chi connectivity index (χ4n) is 2.05. The largest absolute Gasteiger partial charge is 0.338 e. The van der Waals surface area contributed by atoms with Crippen molar-refractivity contribution in [2.24, 2.45) is 5.73 Å². The lowest BCUT2D eigenvalue weighted by Crippen LogP contribution is -2.42. The van der Waals surface area contributed by atoms with Gasteiger partial charge in [-0.1, -0.05) is 25.9 Å². The van der Waals surface area contributed by atoms with Crippen LogP contribution in [-0.4, -0.2) is 34.2 Å². The van der Waals surface area contributed by atoms with Crippen LogP contribution in [0, 0.1) is 0 Å². The molecule has 18 heavy (non-hydrogen) atoms. The van der Waals surface area contributed by atoms with Crippen LogP contribution in [0.15, 0.2) is 4.52 Å². The number of hydrogen-bond acceptors (Lipinski definition) is 5. The Kier molecular flexibility index (Phi) is 5.13. The molecule has 1 aliphatic rings. The van der Waals surface area contributed by atoms with Gasteiger partial charge < -0.3 is 10.3 Å². The van der Waals surface area contributed by atoms with Crippen LogP contribution in [0.4, 0.5) is 0 Å². The van der Waals surface area contributed by atoms with Crippen LogP contribution in [0.3, 0.4) is 0 Å². The summed E-state index contributed by atoms with van der Waals surface area (Å²) in [5.41, 5.74) is 5.89. The Morgan fingerprint density at radius 1 is 1.44 bits per heavy atom. The van der Waals surface area contributed by atoms with Crippen molar-refractivity contribution >= 4 is 12.4 Å². The Morgan fingerprint density at radius 3 is 2.72 bits per heavy atom. The molecule has 2 heterocycles. The molecule has 1 aliphatic heterocycles. The van der Waals surface area contributed by atoms with Gasteiger partial charge in [0.2, 0.25) is 5.89 Å². The molecule has 2 N–H and O–H groups in total. The normalized spacial score (nSPS) is 21.7. The number of piperidine rings is 1. The van der Waals surface area contributed by atoms with E-state index in [0.717, 1.165) is 38.3 Å². The monoisotopic (exact) mass is 274 g/mol. The molecule has 104 valence electrons. The van der Waals surface area contributed by atoms with Gasteiger partial charge >= 0.3 is 0 Å². The molecule has 0 amide bonds. The van der Waals surface area contributed by atoms with Crippen LogP contribution in [0.5, 0.6) is 0 Å². The smallest absolute Gasteiger partial charge is 0.240 e. The third-order valence-electron chi connectivity index (χ3n) is 3.04. The summed E-state index contributed by atoms with van der Waals surface area (Å²) in [6, 6.07) is 0.286. The first-order valence-corrected chi connectivity index (χ1v) is 6.26. The average Bonchev–Trinajstić information content (AvgIpc) is 2.65. The minimum Gasteiger partial charge on any atom is -0.338 e. The van der Waals surface area contributed by atoms with Gasteiger partial charge in [-0.2, -0.15) is 4.98 Å². The van der Waals surface area contributed by atoms with Gasteiger partial charge in [0.1, 0.15) is 0 Å². The first kappa shape index (κ1) is 15.4. The van der Waals surface area contributed by atoms with Gasteiger partial charge in [-0.15, -0.1) is 12.4 Å². The topological polar surface area (TPSA) is 68.2 Å². The number of likely N-dealkylation sites (tertiary alicyclic amines) is 1. The number of nitrogens with two attached hydrogens (primary N) is 1. The standard InChI is InChI=1S/C12H22N4O.ClH/c1-12(2,3)11-14-10(17-15-11)8-16-6-4-5-9(13)7-16;/h9H,4-8,13H2,1-3H3;1H. The molecule has 6 heteroatoms. The summed E-state index contributed by atoms with van der Waals surface area (Å²) < 4.78 is 5.29. The van der Waals surface area contributed by atoms with E-state index in [0.29, 0.717) is 5.89 Å². The first-order chi connectivity index (χ1) is 7.95. The third kappa shape index (κ3) is 3.93. The SMILES string of the molecule is CC(C)(C)c1noc(CN2CCCC(N)C2)n1.Cl. The van der Waals surface area contributed by atoms with Crippen molar-refractivity contribution in [2.45, 2.75) is 51.6 Å². The molecule has 0 aromatic carbocycles. The quantitative estimate of drug-likeness (QED) is 0.889. The zero-order chi connectivity index (χ0) is 12.5. The van der Waals surface area contributed by atoms with E-state index in [-0.39, 0.29) is 23.9 Å². The van der Waals surface area contributed by atoms with E-state index in [1.54, 1.807) is 0 Å². The Labute approximate surface area is 115 Å². The molecule has 2 rings (SSSR count). The minimum absolute atomic E-state index is 0. The summed E-state index contributed by atoms with van der Waals surface area (Å²) in [6.45, 7) is 8.96. The average molecular weight is 275 g/mol. The predicted octanol–water partition coefficient (Wildman–Crippen LogP) is 1.71. The summed E-state index contributed by atoms with van der Waals surface area (Å²) in [4.78, 5) is 6.73. The van der Waals surface area contributed by atoms with Crippen molar-refractivity contribution in [3.8, 4) is 0 Å². The molecule has 0 bridgehead atoms. The molecule has 1 aromatic rings. The predicted molar refractivity (Wildman–Crippen MR) is 72.7 cm³/mol. The third-order valence-corrected chi connectivity index (χ3v) is 3.04. The molecule has 1 saturated heterocycles. The Balaban J connectivity index is 0.00000162. The zero-order valence-electron chi connectivity index (χ0n) is 11.3. The Bertz CT molecular complexity index is 374. The van der Waals surface area contributed by atoms with Crippen LogP contribution in [0.1, 0.15) is 45.3 Å². The first-order valence-electron chi connectivity index (χ1n) is 6.26. The zero-order valence-corrected chi connectivity index (χ0v) is 12.2. The van der Waals surface area contributed by atoms with Crippen LogP contribution >= 0.6 is 12.4 Å². The summed E-state index contributed by atoms with van der Waals surface area (Å²) in [6.07, 6.45) is 2.27. The van der Waals surface area contributed by atoms with Crippen LogP contribution in [0.25, 0.3) is 0 Å². The highest BCUT2D eigenvalue weighted by atomic mass is 35.5. The van der Waals surface area contributed by atoms with Gasteiger partial charge in [0, 0.05) is 18.0 Å². The highest BCUT2D eigenvalue weighted by molar-refractivity contribution is 5.85.